The number of hydrogen-bond acceptors (Lipinski definition) is 1. The zero-order valence-corrected chi connectivity index (χ0v) is 11.1. The molecule has 0 saturated carbocycles. The van der Waals surface area contributed by atoms with Crippen LogP contribution in [0.15, 0.2) is 36.4 Å². The SMILES string of the molecule is Cc1cccc(C)c1NC(=O)Nc1ccc(F)c(F)c1. The van der Waals surface area contributed by atoms with Crippen molar-refractivity contribution in [1.29, 1.82) is 0 Å². The second kappa shape index (κ2) is 5.69. The molecule has 0 unspecified atom stereocenters. The highest BCUT2D eigenvalue weighted by Gasteiger charge is 2.09. The monoisotopic (exact) mass is 276 g/mol. The van der Waals surface area contributed by atoms with Gasteiger partial charge in [-0.3, -0.25) is 0 Å². The van der Waals surface area contributed by atoms with Crippen molar-refractivity contribution < 1.29 is 13.6 Å². The van der Waals surface area contributed by atoms with Crippen molar-refractivity contribution in [1.82, 2.24) is 0 Å². The molecule has 2 amide bonds. The fourth-order valence-corrected chi connectivity index (χ4v) is 1.86. The van der Waals surface area contributed by atoms with Crippen LogP contribution in [0.25, 0.3) is 0 Å². The first-order chi connectivity index (χ1) is 9.47. The molecule has 5 heteroatoms. The van der Waals surface area contributed by atoms with Gasteiger partial charge in [0.25, 0.3) is 0 Å². The Hall–Kier alpha value is -2.43. The van der Waals surface area contributed by atoms with Gasteiger partial charge in [-0.1, -0.05) is 18.2 Å². The minimum absolute atomic E-state index is 0.188. The predicted octanol–water partition coefficient (Wildman–Crippen LogP) is 4.23. The number of nitrogens with one attached hydrogen (secondary N) is 2. The van der Waals surface area contributed by atoms with Gasteiger partial charge in [-0.05, 0) is 37.1 Å². The van der Waals surface area contributed by atoms with Crippen molar-refractivity contribution in [3.8, 4) is 0 Å². The third-order valence-corrected chi connectivity index (χ3v) is 2.90. The maximum Gasteiger partial charge on any atom is 0.323 e. The Balaban J connectivity index is 2.11. The molecule has 2 N–H and O–H groups in total. The molecule has 104 valence electrons. The van der Waals surface area contributed by atoms with Gasteiger partial charge in [-0.2, -0.15) is 0 Å². The standard InChI is InChI=1S/C15H14F2N2O/c1-9-4-3-5-10(2)14(9)19-15(20)18-11-6-7-12(16)13(17)8-11/h3-8H,1-2H3,(H2,18,19,20). The molecule has 20 heavy (non-hydrogen) atoms. The summed E-state index contributed by atoms with van der Waals surface area (Å²) in [6.45, 7) is 3.75. The third-order valence-electron chi connectivity index (χ3n) is 2.90. The maximum atomic E-state index is 13.0. The number of para-hydroxylation sites is 1. The topological polar surface area (TPSA) is 41.1 Å². The Morgan fingerprint density at radius 2 is 1.60 bits per heavy atom. The van der Waals surface area contributed by atoms with E-state index in [1.54, 1.807) is 0 Å². The van der Waals surface area contributed by atoms with Gasteiger partial charge in [0.2, 0.25) is 0 Å². The minimum atomic E-state index is -1.00. The number of rotatable bonds is 2. The summed E-state index contributed by atoms with van der Waals surface area (Å²) in [5, 5.41) is 5.15. The number of benzene rings is 2. The maximum absolute atomic E-state index is 13.0. The van der Waals surface area contributed by atoms with Crippen LogP contribution in [0.1, 0.15) is 11.1 Å². The van der Waals surface area contributed by atoms with Gasteiger partial charge < -0.3 is 10.6 Å². The lowest BCUT2D eigenvalue weighted by Crippen LogP contribution is -2.20. The Morgan fingerprint density at radius 3 is 2.20 bits per heavy atom. The van der Waals surface area contributed by atoms with Crippen molar-refractivity contribution >= 4 is 17.4 Å². The molecule has 2 aromatic rings. The van der Waals surface area contributed by atoms with Crippen molar-refractivity contribution in [3.05, 3.63) is 59.2 Å². The number of halogens is 2. The Labute approximate surface area is 115 Å². The van der Waals surface area contributed by atoms with Crippen LogP contribution in [-0.2, 0) is 0 Å². The lowest BCUT2D eigenvalue weighted by atomic mass is 10.1. The molecule has 0 spiro atoms. The average Bonchev–Trinajstić information content (AvgIpc) is 2.38. The third kappa shape index (κ3) is 3.12. The molecule has 3 nitrogen and oxygen atoms in total. The van der Waals surface area contributed by atoms with Crippen molar-refractivity contribution in [3.63, 3.8) is 0 Å². The van der Waals surface area contributed by atoms with Crippen LogP contribution in [0.3, 0.4) is 0 Å². The smallest absolute Gasteiger partial charge is 0.308 e. The van der Waals surface area contributed by atoms with E-state index >= 15 is 0 Å². The van der Waals surface area contributed by atoms with Gasteiger partial charge in [0, 0.05) is 17.4 Å². The van der Waals surface area contributed by atoms with Gasteiger partial charge in [-0.25, -0.2) is 13.6 Å². The van der Waals surface area contributed by atoms with E-state index in [4.69, 9.17) is 0 Å². The van der Waals surface area contributed by atoms with Gasteiger partial charge >= 0.3 is 6.03 Å². The summed E-state index contributed by atoms with van der Waals surface area (Å²) in [5.74, 6) is -1.96. The van der Waals surface area contributed by atoms with Gasteiger partial charge in [0.05, 0.1) is 0 Å². The molecule has 2 aromatic carbocycles. The largest absolute Gasteiger partial charge is 0.323 e. The van der Waals surface area contributed by atoms with E-state index in [0.29, 0.717) is 5.69 Å². The number of urea groups is 1. The summed E-state index contributed by atoms with van der Waals surface area (Å²) in [7, 11) is 0. The number of amides is 2. The van der Waals surface area contributed by atoms with E-state index in [1.165, 1.54) is 6.07 Å². The van der Waals surface area contributed by atoms with Crippen LogP contribution in [-0.4, -0.2) is 6.03 Å². The summed E-state index contributed by atoms with van der Waals surface area (Å²) in [4.78, 5) is 11.8. The molecule has 0 aliphatic rings. The van der Waals surface area contributed by atoms with Crippen LogP contribution in [0.2, 0.25) is 0 Å². The Morgan fingerprint density at radius 1 is 0.950 bits per heavy atom. The molecule has 0 saturated heterocycles. The van der Waals surface area contributed by atoms with Crippen molar-refractivity contribution in [2.45, 2.75) is 13.8 Å². The summed E-state index contributed by atoms with van der Waals surface area (Å²) in [5.41, 5.74) is 2.73. The van der Waals surface area contributed by atoms with Crippen LogP contribution in [0, 0.1) is 25.5 Å². The molecular formula is C15H14F2N2O. The molecule has 2 rings (SSSR count). The first kappa shape index (κ1) is 14.0. The number of carbonyl (C=O) groups excluding carboxylic acids is 1. The molecule has 0 aromatic heterocycles. The van der Waals surface area contributed by atoms with Crippen LogP contribution >= 0.6 is 0 Å². The first-order valence-electron chi connectivity index (χ1n) is 6.06. The quantitative estimate of drug-likeness (QED) is 0.847. The zero-order chi connectivity index (χ0) is 14.7. The number of aryl methyl sites for hydroxylation is 2. The summed E-state index contributed by atoms with van der Waals surface area (Å²) < 4.78 is 25.8. The first-order valence-corrected chi connectivity index (χ1v) is 6.06. The Bertz CT molecular complexity index is 636. The van der Waals surface area contributed by atoms with E-state index in [9.17, 15) is 13.6 Å². The van der Waals surface area contributed by atoms with E-state index in [1.807, 2.05) is 32.0 Å². The second-order valence-electron chi connectivity index (χ2n) is 4.47. The van der Waals surface area contributed by atoms with E-state index in [-0.39, 0.29) is 5.69 Å². The molecular weight excluding hydrogens is 262 g/mol. The Kier molecular flexibility index (Phi) is 3.98. The summed E-state index contributed by atoms with van der Waals surface area (Å²) in [6.07, 6.45) is 0. The molecule has 0 aliphatic carbocycles. The molecule has 0 atom stereocenters. The van der Waals surface area contributed by atoms with E-state index < -0.39 is 17.7 Å². The predicted molar refractivity (Wildman–Crippen MR) is 74.9 cm³/mol. The normalized spacial score (nSPS) is 10.2. The highest BCUT2D eigenvalue weighted by molar-refractivity contribution is 6.00. The summed E-state index contributed by atoms with van der Waals surface area (Å²) >= 11 is 0. The fraction of sp³-hybridized carbons (Fsp3) is 0.133. The number of anilines is 2. The average molecular weight is 276 g/mol. The molecule has 0 aliphatic heterocycles. The van der Waals surface area contributed by atoms with E-state index in [0.717, 1.165) is 23.3 Å². The highest BCUT2D eigenvalue weighted by atomic mass is 19.2. The number of carbonyl (C=O) groups is 1. The molecule has 0 heterocycles. The fourth-order valence-electron chi connectivity index (χ4n) is 1.86. The highest BCUT2D eigenvalue weighted by Crippen LogP contribution is 2.20. The van der Waals surface area contributed by atoms with Crippen LogP contribution in [0.4, 0.5) is 25.0 Å². The molecule has 0 fully saturated rings. The minimum Gasteiger partial charge on any atom is -0.308 e. The van der Waals surface area contributed by atoms with Crippen LogP contribution < -0.4 is 10.6 Å². The zero-order valence-electron chi connectivity index (χ0n) is 11.1. The molecule has 0 radical (unpaired) electrons. The van der Waals surface area contributed by atoms with Crippen LogP contribution in [0.5, 0.6) is 0 Å². The van der Waals surface area contributed by atoms with Gasteiger partial charge in [0.15, 0.2) is 11.6 Å². The van der Waals surface area contributed by atoms with Gasteiger partial charge in [0.1, 0.15) is 0 Å². The molecule has 0 bridgehead atoms. The number of hydrogen-bond donors (Lipinski definition) is 2. The summed E-state index contributed by atoms with van der Waals surface area (Å²) in [6, 6.07) is 8.32. The van der Waals surface area contributed by atoms with E-state index in [2.05, 4.69) is 10.6 Å². The van der Waals surface area contributed by atoms with Crippen molar-refractivity contribution in [2.24, 2.45) is 0 Å². The second-order valence-corrected chi connectivity index (χ2v) is 4.47. The lowest BCUT2D eigenvalue weighted by molar-refractivity contribution is 0.262. The van der Waals surface area contributed by atoms with Gasteiger partial charge in [-0.15, -0.1) is 0 Å². The van der Waals surface area contributed by atoms with Crippen molar-refractivity contribution in [2.75, 3.05) is 10.6 Å². The lowest BCUT2D eigenvalue weighted by Gasteiger charge is -2.12.